The number of aromatic nitrogens is 4. The van der Waals surface area contributed by atoms with E-state index >= 15 is 0 Å². The Morgan fingerprint density at radius 3 is 2.75 bits per heavy atom. The second kappa shape index (κ2) is 6.37. The highest BCUT2D eigenvalue weighted by Crippen LogP contribution is 2.32. The summed E-state index contributed by atoms with van der Waals surface area (Å²) >= 11 is 1.54. The van der Waals surface area contributed by atoms with Crippen molar-refractivity contribution in [2.45, 2.75) is 0 Å². The highest BCUT2D eigenvalue weighted by atomic mass is 32.1. The topological polar surface area (TPSA) is 95.3 Å². The average molecular weight is 381 g/mol. The molecule has 28 heavy (non-hydrogen) atoms. The Bertz CT molecular complexity index is 1460. The summed E-state index contributed by atoms with van der Waals surface area (Å²) in [4.78, 5) is 29.0. The predicted octanol–water partition coefficient (Wildman–Crippen LogP) is 4.13. The van der Waals surface area contributed by atoms with Crippen LogP contribution < -0.4 is 5.43 Å². The Balaban J connectivity index is 1.85. The molecule has 5 aromatic rings. The lowest BCUT2D eigenvalue weighted by atomic mass is 10.0. The van der Waals surface area contributed by atoms with Gasteiger partial charge >= 0.3 is 0 Å². The Morgan fingerprint density at radius 1 is 1.00 bits per heavy atom. The fraction of sp³-hybridized carbons (Fsp3) is 0. The molecule has 3 aromatic heterocycles. The van der Waals surface area contributed by atoms with Gasteiger partial charge in [-0.3, -0.25) is 4.79 Å². The molecule has 0 aliphatic rings. The van der Waals surface area contributed by atoms with Crippen LogP contribution in [0.1, 0.15) is 5.56 Å². The van der Waals surface area contributed by atoms with Crippen molar-refractivity contribution in [2.24, 2.45) is 0 Å². The van der Waals surface area contributed by atoms with Gasteiger partial charge in [0.2, 0.25) is 5.43 Å². The monoisotopic (exact) mass is 381 g/mol. The molecule has 5 rings (SSSR count). The number of pyridine rings is 1. The Morgan fingerprint density at radius 2 is 1.86 bits per heavy atom. The first-order valence-corrected chi connectivity index (χ1v) is 9.34. The number of rotatable bonds is 2. The van der Waals surface area contributed by atoms with Crippen molar-refractivity contribution >= 4 is 32.7 Å². The maximum Gasteiger partial charge on any atom is 0.209 e. The van der Waals surface area contributed by atoms with Gasteiger partial charge < -0.3 is 4.98 Å². The number of hydrogen-bond acceptors (Lipinski definition) is 6. The summed E-state index contributed by atoms with van der Waals surface area (Å²) < 4.78 is 1.03. The molecule has 0 aliphatic heterocycles. The van der Waals surface area contributed by atoms with E-state index in [1.807, 2.05) is 30.3 Å². The first kappa shape index (κ1) is 16.3. The molecule has 3 heterocycles. The lowest BCUT2D eigenvalue weighted by Crippen LogP contribution is -2.06. The van der Waals surface area contributed by atoms with Gasteiger partial charge in [0.05, 0.1) is 38.7 Å². The minimum absolute atomic E-state index is 0.196. The van der Waals surface area contributed by atoms with E-state index in [-0.39, 0.29) is 10.9 Å². The van der Waals surface area contributed by atoms with Gasteiger partial charge in [-0.25, -0.2) is 15.0 Å². The molecular formula is C21H11N5OS. The average Bonchev–Trinajstić information content (AvgIpc) is 3.21. The van der Waals surface area contributed by atoms with Crippen LogP contribution in [-0.4, -0.2) is 19.9 Å². The summed E-state index contributed by atoms with van der Waals surface area (Å²) in [5, 5.41) is 9.26. The van der Waals surface area contributed by atoms with E-state index in [1.165, 1.54) is 6.07 Å². The van der Waals surface area contributed by atoms with Crippen LogP contribution in [0, 0.1) is 11.3 Å². The third-order valence-corrected chi connectivity index (χ3v) is 5.25. The van der Waals surface area contributed by atoms with E-state index in [2.05, 4.69) is 26.0 Å². The number of H-pyrrole nitrogens is 1. The second-order valence-corrected chi connectivity index (χ2v) is 7.07. The fourth-order valence-electron chi connectivity index (χ4n) is 3.12. The third-order valence-electron chi connectivity index (χ3n) is 4.45. The van der Waals surface area contributed by atoms with Gasteiger partial charge in [0.1, 0.15) is 0 Å². The molecule has 6 nitrogen and oxygen atoms in total. The van der Waals surface area contributed by atoms with Crippen molar-refractivity contribution in [2.75, 3.05) is 0 Å². The Labute approximate surface area is 162 Å². The van der Waals surface area contributed by atoms with Crippen LogP contribution in [0.5, 0.6) is 0 Å². The summed E-state index contributed by atoms with van der Waals surface area (Å²) in [5.41, 5.74) is 6.53. The number of benzene rings is 2. The molecule has 2 aromatic carbocycles. The van der Waals surface area contributed by atoms with Crippen LogP contribution in [-0.2, 0) is 0 Å². The molecule has 0 saturated carbocycles. The molecule has 132 valence electrons. The largest absolute Gasteiger partial charge is 0.345 e. The zero-order valence-electron chi connectivity index (χ0n) is 14.4. The van der Waals surface area contributed by atoms with E-state index in [0.29, 0.717) is 22.6 Å². The summed E-state index contributed by atoms with van der Waals surface area (Å²) in [7, 11) is 0. The second-order valence-electron chi connectivity index (χ2n) is 6.19. The van der Waals surface area contributed by atoms with Crippen LogP contribution in [0.3, 0.4) is 0 Å². The van der Waals surface area contributed by atoms with Gasteiger partial charge in [-0.2, -0.15) is 5.26 Å². The number of fused-ring (bicyclic) bond motifs is 2. The molecule has 0 fully saturated rings. The van der Waals surface area contributed by atoms with Crippen LogP contribution in [0.25, 0.3) is 43.9 Å². The van der Waals surface area contributed by atoms with Crippen molar-refractivity contribution in [3.8, 4) is 28.6 Å². The van der Waals surface area contributed by atoms with E-state index in [0.717, 1.165) is 21.3 Å². The SMILES string of the molecule is N#Cc1cccc(-c2nc3[nH]ccc(=O)c3nc2-c2ccc3ncsc3c2)c1. The van der Waals surface area contributed by atoms with Gasteiger partial charge in [0.25, 0.3) is 0 Å². The molecule has 0 atom stereocenters. The highest BCUT2D eigenvalue weighted by molar-refractivity contribution is 7.16. The minimum Gasteiger partial charge on any atom is -0.345 e. The molecule has 0 radical (unpaired) electrons. The van der Waals surface area contributed by atoms with Crippen LogP contribution in [0.15, 0.2) is 65.0 Å². The number of hydrogen-bond donors (Lipinski definition) is 1. The molecule has 0 bridgehead atoms. The molecule has 0 saturated heterocycles. The van der Waals surface area contributed by atoms with Crippen molar-refractivity contribution in [1.29, 1.82) is 5.26 Å². The smallest absolute Gasteiger partial charge is 0.209 e. The lowest BCUT2D eigenvalue weighted by Gasteiger charge is -2.10. The molecule has 0 spiro atoms. The summed E-state index contributed by atoms with van der Waals surface area (Å²) in [6.07, 6.45) is 1.55. The van der Waals surface area contributed by atoms with E-state index in [9.17, 15) is 10.1 Å². The maximum atomic E-state index is 12.3. The van der Waals surface area contributed by atoms with Crippen molar-refractivity contribution in [1.82, 2.24) is 19.9 Å². The van der Waals surface area contributed by atoms with Crippen LogP contribution in [0.4, 0.5) is 0 Å². The molecule has 7 heteroatoms. The molecule has 1 N–H and O–H groups in total. The van der Waals surface area contributed by atoms with Gasteiger partial charge in [-0.15, -0.1) is 11.3 Å². The standard InChI is InChI=1S/C21H11N5OS/c22-10-12-2-1-3-13(8-12)19-18(14-4-5-15-17(9-14)28-11-24-15)25-20-16(27)6-7-23-21(20)26-19/h1-9,11H,(H,23,26,27). The van der Waals surface area contributed by atoms with Crippen LogP contribution >= 0.6 is 11.3 Å². The highest BCUT2D eigenvalue weighted by Gasteiger charge is 2.16. The zero-order valence-corrected chi connectivity index (χ0v) is 15.2. The lowest BCUT2D eigenvalue weighted by molar-refractivity contribution is 1.22. The van der Waals surface area contributed by atoms with E-state index in [1.54, 1.807) is 35.2 Å². The first-order chi connectivity index (χ1) is 13.7. The van der Waals surface area contributed by atoms with Gasteiger partial charge in [0, 0.05) is 23.4 Å². The number of thiazole rings is 1. The van der Waals surface area contributed by atoms with Gasteiger partial charge in [-0.05, 0) is 24.3 Å². The maximum absolute atomic E-state index is 12.3. The van der Waals surface area contributed by atoms with E-state index in [4.69, 9.17) is 0 Å². The molecule has 0 aliphatic carbocycles. The molecule has 0 unspecified atom stereocenters. The molecular weight excluding hydrogens is 370 g/mol. The third kappa shape index (κ3) is 2.64. The summed E-state index contributed by atoms with van der Waals surface area (Å²) in [6.45, 7) is 0. The van der Waals surface area contributed by atoms with Gasteiger partial charge in [-0.1, -0.05) is 18.2 Å². The van der Waals surface area contributed by atoms with Crippen molar-refractivity contribution in [3.05, 3.63) is 76.0 Å². The van der Waals surface area contributed by atoms with Crippen LogP contribution in [0.2, 0.25) is 0 Å². The number of nitrogens with one attached hydrogen (secondary N) is 1. The minimum atomic E-state index is -0.196. The predicted molar refractivity (Wildman–Crippen MR) is 109 cm³/mol. The number of aromatic amines is 1. The Hall–Kier alpha value is -3.89. The number of nitriles is 1. The van der Waals surface area contributed by atoms with Crippen molar-refractivity contribution < 1.29 is 0 Å². The zero-order chi connectivity index (χ0) is 19.1. The summed E-state index contributed by atoms with van der Waals surface area (Å²) in [6, 6.07) is 16.6. The number of nitrogens with zero attached hydrogens (tertiary/aromatic N) is 4. The van der Waals surface area contributed by atoms with Gasteiger partial charge in [0.15, 0.2) is 11.2 Å². The quantitative estimate of drug-likeness (QED) is 0.496. The summed E-state index contributed by atoms with van der Waals surface area (Å²) in [5.74, 6) is 0. The molecule has 0 amide bonds. The normalized spacial score (nSPS) is 11.0. The first-order valence-electron chi connectivity index (χ1n) is 8.46. The van der Waals surface area contributed by atoms with E-state index < -0.39 is 0 Å². The Kier molecular flexibility index (Phi) is 3.71. The fourth-order valence-corrected chi connectivity index (χ4v) is 3.84. The van der Waals surface area contributed by atoms with Crippen molar-refractivity contribution in [3.63, 3.8) is 0 Å².